The van der Waals surface area contributed by atoms with Crippen LogP contribution in [0.3, 0.4) is 0 Å². The lowest BCUT2D eigenvalue weighted by molar-refractivity contribution is 0.251. The maximum Gasteiger partial charge on any atom is 0.319 e. The third-order valence-electron chi connectivity index (χ3n) is 4.75. The van der Waals surface area contributed by atoms with Crippen molar-refractivity contribution in [2.75, 3.05) is 5.32 Å². The van der Waals surface area contributed by atoms with Crippen molar-refractivity contribution >= 4 is 11.7 Å². The fourth-order valence-corrected chi connectivity index (χ4v) is 3.15. The van der Waals surface area contributed by atoms with Gasteiger partial charge in [0.05, 0.1) is 12.0 Å². The first kappa shape index (κ1) is 18.7. The average molecular weight is 362 g/mol. The Hall–Kier alpha value is -3.08. The van der Waals surface area contributed by atoms with E-state index < -0.39 is 0 Å². The van der Waals surface area contributed by atoms with Crippen LogP contribution >= 0.6 is 0 Å². The summed E-state index contributed by atoms with van der Waals surface area (Å²) < 4.78 is 1.95. The van der Waals surface area contributed by atoms with E-state index in [1.807, 2.05) is 42.0 Å². The van der Waals surface area contributed by atoms with Crippen molar-refractivity contribution in [3.05, 3.63) is 76.9 Å². The molecule has 140 valence electrons. The summed E-state index contributed by atoms with van der Waals surface area (Å²) in [6.07, 6.45) is 4.73. The van der Waals surface area contributed by atoms with Crippen LogP contribution < -0.4 is 10.6 Å². The van der Waals surface area contributed by atoms with E-state index in [0.29, 0.717) is 6.54 Å². The molecule has 0 atom stereocenters. The van der Waals surface area contributed by atoms with Gasteiger partial charge in [-0.2, -0.15) is 0 Å². The highest BCUT2D eigenvalue weighted by Crippen LogP contribution is 2.17. The highest BCUT2D eigenvalue weighted by Gasteiger charge is 2.07. The van der Waals surface area contributed by atoms with E-state index in [1.54, 1.807) is 6.33 Å². The highest BCUT2D eigenvalue weighted by atomic mass is 16.2. The molecule has 0 radical (unpaired) electrons. The van der Waals surface area contributed by atoms with Gasteiger partial charge in [-0.25, -0.2) is 9.78 Å². The van der Waals surface area contributed by atoms with Gasteiger partial charge in [0.25, 0.3) is 0 Å². The highest BCUT2D eigenvalue weighted by molar-refractivity contribution is 5.89. The van der Waals surface area contributed by atoms with Crippen molar-refractivity contribution in [2.24, 2.45) is 0 Å². The molecule has 1 heterocycles. The Balaban J connectivity index is 1.60. The number of hydrogen-bond donors (Lipinski definition) is 2. The van der Waals surface area contributed by atoms with Crippen LogP contribution in [-0.4, -0.2) is 15.6 Å². The zero-order chi connectivity index (χ0) is 19.4. The summed E-state index contributed by atoms with van der Waals surface area (Å²) in [5, 5.41) is 5.82. The van der Waals surface area contributed by atoms with Crippen molar-refractivity contribution < 1.29 is 4.79 Å². The van der Waals surface area contributed by atoms with Crippen LogP contribution in [0.25, 0.3) is 5.69 Å². The lowest BCUT2D eigenvalue weighted by atomic mass is 9.98. The number of aryl methyl sites for hydroxylation is 4. The van der Waals surface area contributed by atoms with Gasteiger partial charge in [-0.1, -0.05) is 19.1 Å². The third kappa shape index (κ3) is 4.56. The van der Waals surface area contributed by atoms with E-state index in [9.17, 15) is 4.79 Å². The first-order valence-corrected chi connectivity index (χ1v) is 9.21. The molecule has 1 aromatic heterocycles. The zero-order valence-electron chi connectivity index (χ0n) is 16.3. The van der Waals surface area contributed by atoms with Crippen molar-refractivity contribution in [1.82, 2.24) is 14.9 Å². The number of nitrogens with zero attached hydrogens (tertiary/aromatic N) is 2. The summed E-state index contributed by atoms with van der Waals surface area (Å²) in [7, 11) is 0. The van der Waals surface area contributed by atoms with E-state index in [4.69, 9.17) is 0 Å². The summed E-state index contributed by atoms with van der Waals surface area (Å²) in [5.74, 6) is 0. The molecular formula is C22H26N4O. The van der Waals surface area contributed by atoms with Gasteiger partial charge < -0.3 is 15.2 Å². The first-order chi connectivity index (χ1) is 13.0. The molecule has 0 fully saturated rings. The van der Waals surface area contributed by atoms with Gasteiger partial charge in [0.2, 0.25) is 0 Å². The third-order valence-corrected chi connectivity index (χ3v) is 4.75. The van der Waals surface area contributed by atoms with Crippen LogP contribution in [0.1, 0.15) is 34.9 Å². The molecule has 2 aromatic carbocycles. The van der Waals surface area contributed by atoms with E-state index in [2.05, 4.69) is 48.5 Å². The number of anilines is 1. The molecule has 0 aliphatic rings. The van der Waals surface area contributed by atoms with Gasteiger partial charge >= 0.3 is 6.03 Å². The molecule has 5 heteroatoms. The molecule has 0 bridgehead atoms. The minimum Gasteiger partial charge on any atom is -0.334 e. The fourth-order valence-electron chi connectivity index (χ4n) is 3.15. The zero-order valence-corrected chi connectivity index (χ0v) is 16.3. The van der Waals surface area contributed by atoms with Gasteiger partial charge in [-0.3, -0.25) is 0 Å². The van der Waals surface area contributed by atoms with Crippen LogP contribution in [0.5, 0.6) is 0 Å². The Morgan fingerprint density at radius 2 is 1.74 bits per heavy atom. The van der Waals surface area contributed by atoms with Crippen LogP contribution in [0.2, 0.25) is 0 Å². The lowest BCUT2D eigenvalue weighted by Gasteiger charge is -2.13. The van der Waals surface area contributed by atoms with Crippen LogP contribution in [0, 0.1) is 20.8 Å². The number of benzene rings is 2. The van der Waals surface area contributed by atoms with E-state index in [0.717, 1.165) is 29.1 Å². The minimum atomic E-state index is -0.209. The Labute approximate surface area is 160 Å². The van der Waals surface area contributed by atoms with E-state index >= 15 is 0 Å². The second-order valence-electron chi connectivity index (χ2n) is 6.84. The lowest BCUT2D eigenvalue weighted by Crippen LogP contribution is -2.28. The normalized spacial score (nSPS) is 10.7. The SMILES string of the molecule is CCc1cc(CNC(=O)Nc2ccc(-n3cnc(C)c3)cc2)c(C)cc1C. The molecule has 0 aliphatic carbocycles. The van der Waals surface area contributed by atoms with Gasteiger partial charge in [-0.15, -0.1) is 0 Å². The van der Waals surface area contributed by atoms with Crippen molar-refractivity contribution in [1.29, 1.82) is 0 Å². The second-order valence-corrected chi connectivity index (χ2v) is 6.84. The largest absolute Gasteiger partial charge is 0.334 e. The van der Waals surface area contributed by atoms with Crippen molar-refractivity contribution in [3.8, 4) is 5.69 Å². The molecule has 5 nitrogen and oxygen atoms in total. The molecule has 3 rings (SSSR count). The molecule has 0 unspecified atom stereocenters. The number of carbonyl (C=O) groups is 1. The molecule has 2 amide bonds. The van der Waals surface area contributed by atoms with Crippen LogP contribution in [-0.2, 0) is 13.0 Å². The van der Waals surface area contributed by atoms with Gasteiger partial charge in [-0.05, 0) is 73.7 Å². The van der Waals surface area contributed by atoms with Crippen LogP contribution in [0.4, 0.5) is 10.5 Å². The topological polar surface area (TPSA) is 59.0 Å². The number of aromatic nitrogens is 2. The standard InChI is InChI=1S/C22H26N4O/c1-5-18-11-19(16(3)10-15(18)2)12-23-22(27)25-20-6-8-21(9-7-20)26-13-17(4)24-14-26/h6-11,13-14H,5,12H2,1-4H3,(H2,23,25,27). The maximum atomic E-state index is 12.2. The first-order valence-electron chi connectivity index (χ1n) is 9.21. The number of imidazole rings is 1. The number of rotatable bonds is 5. The molecule has 0 aliphatic heterocycles. The number of urea groups is 1. The predicted octanol–water partition coefficient (Wildman–Crippen LogP) is 4.68. The minimum absolute atomic E-state index is 0.209. The molecular weight excluding hydrogens is 336 g/mol. The van der Waals surface area contributed by atoms with Gasteiger partial charge in [0, 0.05) is 24.1 Å². The van der Waals surface area contributed by atoms with E-state index in [1.165, 1.54) is 16.7 Å². The molecule has 2 N–H and O–H groups in total. The maximum absolute atomic E-state index is 12.2. The van der Waals surface area contributed by atoms with Gasteiger partial charge in [0.15, 0.2) is 0 Å². The summed E-state index contributed by atoms with van der Waals surface area (Å²) in [4.78, 5) is 16.5. The summed E-state index contributed by atoms with van der Waals surface area (Å²) in [6, 6.07) is 11.8. The number of carbonyl (C=O) groups excluding carboxylic acids is 1. The van der Waals surface area contributed by atoms with E-state index in [-0.39, 0.29) is 6.03 Å². The summed E-state index contributed by atoms with van der Waals surface area (Å²) in [5.41, 5.74) is 7.70. The molecule has 0 saturated carbocycles. The average Bonchev–Trinajstić information content (AvgIpc) is 3.08. The van der Waals surface area contributed by atoms with Crippen molar-refractivity contribution in [2.45, 2.75) is 40.7 Å². The second kappa shape index (κ2) is 8.08. The Morgan fingerprint density at radius 1 is 1.04 bits per heavy atom. The Morgan fingerprint density at radius 3 is 2.37 bits per heavy atom. The predicted molar refractivity (Wildman–Crippen MR) is 109 cm³/mol. The van der Waals surface area contributed by atoms with Crippen LogP contribution in [0.15, 0.2) is 48.9 Å². The number of nitrogens with one attached hydrogen (secondary N) is 2. The molecule has 27 heavy (non-hydrogen) atoms. The Kier molecular flexibility index (Phi) is 5.60. The molecule has 0 spiro atoms. The number of hydrogen-bond acceptors (Lipinski definition) is 2. The molecule has 0 saturated heterocycles. The quantitative estimate of drug-likeness (QED) is 0.692. The van der Waals surface area contributed by atoms with Crippen molar-refractivity contribution in [3.63, 3.8) is 0 Å². The number of amides is 2. The smallest absolute Gasteiger partial charge is 0.319 e. The monoisotopic (exact) mass is 362 g/mol. The molecule has 3 aromatic rings. The Bertz CT molecular complexity index is 941. The van der Waals surface area contributed by atoms with Gasteiger partial charge in [0.1, 0.15) is 0 Å². The summed E-state index contributed by atoms with van der Waals surface area (Å²) in [6.45, 7) is 8.83. The summed E-state index contributed by atoms with van der Waals surface area (Å²) >= 11 is 0. The fraction of sp³-hybridized carbons (Fsp3) is 0.273.